The molecule has 0 aliphatic heterocycles. The van der Waals surface area contributed by atoms with Gasteiger partial charge in [-0.05, 0) is 24.6 Å². The maximum atomic E-state index is 11.6. The number of hydrogen-bond acceptors (Lipinski definition) is 3. The maximum Gasteiger partial charge on any atom is 0.258 e. The molecule has 100 valence electrons. The molecule has 0 bridgehead atoms. The van der Waals surface area contributed by atoms with Crippen molar-refractivity contribution in [3.63, 3.8) is 0 Å². The summed E-state index contributed by atoms with van der Waals surface area (Å²) < 4.78 is 5.33. The molecule has 0 saturated carbocycles. The molecule has 0 saturated heterocycles. The van der Waals surface area contributed by atoms with Gasteiger partial charge in [0.15, 0.2) is 6.61 Å². The van der Waals surface area contributed by atoms with Crippen LogP contribution in [0.3, 0.4) is 0 Å². The van der Waals surface area contributed by atoms with Crippen LogP contribution in [0.4, 0.5) is 0 Å². The summed E-state index contributed by atoms with van der Waals surface area (Å²) in [7, 11) is 0. The summed E-state index contributed by atoms with van der Waals surface area (Å²) in [6.07, 6.45) is 1.86. The van der Waals surface area contributed by atoms with Crippen LogP contribution < -0.4 is 15.8 Å². The fraction of sp³-hybridized carbons (Fsp3) is 0.462. The van der Waals surface area contributed by atoms with E-state index in [0.717, 1.165) is 12.8 Å². The van der Waals surface area contributed by atoms with Crippen LogP contribution in [0.2, 0.25) is 5.02 Å². The van der Waals surface area contributed by atoms with Crippen LogP contribution in [0.1, 0.15) is 19.8 Å². The maximum absolute atomic E-state index is 11.6. The van der Waals surface area contributed by atoms with Crippen LogP contribution in [-0.4, -0.2) is 25.1 Å². The third-order valence-electron chi connectivity index (χ3n) is 2.45. The van der Waals surface area contributed by atoms with Gasteiger partial charge in [0.05, 0.1) is 0 Å². The molecule has 0 aromatic heterocycles. The number of nitrogens with one attached hydrogen (secondary N) is 1. The molecule has 1 atom stereocenters. The van der Waals surface area contributed by atoms with Crippen molar-refractivity contribution in [3.05, 3.63) is 29.3 Å². The van der Waals surface area contributed by atoms with Gasteiger partial charge in [0.2, 0.25) is 0 Å². The Bertz CT molecular complexity index is 385. The number of carbonyl (C=O) groups is 1. The van der Waals surface area contributed by atoms with Gasteiger partial charge in [-0.15, -0.1) is 0 Å². The minimum Gasteiger partial charge on any atom is -0.484 e. The van der Waals surface area contributed by atoms with Gasteiger partial charge < -0.3 is 15.8 Å². The summed E-state index contributed by atoms with van der Waals surface area (Å²) >= 11 is 5.81. The Morgan fingerprint density at radius 1 is 1.56 bits per heavy atom. The van der Waals surface area contributed by atoms with Gasteiger partial charge in [-0.3, -0.25) is 4.79 Å². The minimum absolute atomic E-state index is 0.0189. The highest BCUT2D eigenvalue weighted by molar-refractivity contribution is 6.30. The predicted molar refractivity (Wildman–Crippen MR) is 72.8 cm³/mol. The van der Waals surface area contributed by atoms with E-state index in [1.54, 1.807) is 24.3 Å². The van der Waals surface area contributed by atoms with Gasteiger partial charge in [-0.2, -0.15) is 0 Å². The number of halogens is 1. The molecule has 0 heterocycles. The highest BCUT2D eigenvalue weighted by atomic mass is 35.5. The van der Waals surface area contributed by atoms with Crippen molar-refractivity contribution in [2.45, 2.75) is 25.8 Å². The van der Waals surface area contributed by atoms with E-state index in [2.05, 4.69) is 12.2 Å². The number of amides is 1. The Labute approximate surface area is 112 Å². The standard InChI is InChI=1S/C13H19ClN2O2/c1-2-4-11(8-15)16-13(17)9-18-12-6-3-5-10(14)7-12/h3,5-7,11H,2,4,8-9,15H2,1H3,(H,16,17). The average molecular weight is 271 g/mol. The predicted octanol–water partition coefficient (Wildman–Crippen LogP) is 1.96. The normalized spacial score (nSPS) is 11.9. The second-order valence-electron chi connectivity index (χ2n) is 4.03. The Kier molecular flexibility index (Phi) is 6.54. The van der Waals surface area contributed by atoms with Crippen molar-refractivity contribution in [1.29, 1.82) is 0 Å². The molecule has 1 unspecified atom stereocenters. The second kappa shape index (κ2) is 7.95. The quantitative estimate of drug-likeness (QED) is 0.796. The lowest BCUT2D eigenvalue weighted by Crippen LogP contribution is -2.42. The molecule has 1 aromatic rings. The third-order valence-corrected chi connectivity index (χ3v) is 2.69. The lowest BCUT2D eigenvalue weighted by atomic mass is 10.2. The molecular formula is C13H19ClN2O2. The van der Waals surface area contributed by atoms with Crippen molar-refractivity contribution >= 4 is 17.5 Å². The molecule has 4 nitrogen and oxygen atoms in total. The Morgan fingerprint density at radius 2 is 2.33 bits per heavy atom. The van der Waals surface area contributed by atoms with Gasteiger partial charge in [0.1, 0.15) is 5.75 Å². The molecule has 3 N–H and O–H groups in total. The molecule has 0 spiro atoms. The summed E-state index contributed by atoms with van der Waals surface area (Å²) in [5.41, 5.74) is 5.56. The zero-order valence-corrected chi connectivity index (χ0v) is 11.2. The number of benzene rings is 1. The molecule has 0 aliphatic carbocycles. The second-order valence-corrected chi connectivity index (χ2v) is 4.47. The average Bonchev–Trinajstić information content (AvgIpc) is 2.36. The number of ether oxygens (including phenoxy) is 1. The van der Waals surface area contributed by atoms with Gasteiger partial charge >= 0.3 is 0 Å². The van der Waals surface area contributed by atoms with Gasteiger partial charge in [0.25, 0.3) is 5.91 Å². The van der Waals surface area contributed by atoms with Crippen LogP contribution in [-0.2, 0) is 4.79 Å². The summed E-state index contributed by atoms with van der Waals surface area (Å²) in [4.78, 5) is 11.6. The minimum atomic E-state index is -0.168. The number of carbonyl (C=O) groups excluding carboxylic acids is 1. The monoisotopic (exact) mass is 270 g/mol. The van der Waals surface area contributed by atoms with E-state index in [4.69, 9.17) is 22.1 Å². The van der Waals surface area contributed by atoms with Crippen molar-refractivity contribution in [3.8, 4) is 5.75 Å². The van der Waals surface area contributed by atoms with Crippen molar-refractivity contribution < 1.29 is 9.53 Å². The first-order valence-electron chi connectivity index (χ1n) is 6.03. The first-order chi connectivity index (χ1) is 8.65. The molecule has 0 radical (unpaired) electrons. The third kappa shape index (κ3) is 5.38. The topological polar surface area (TPSA) is 64.3 Å². The molecular weight excluding hydrogens is 252 g/mol. The van der Waals surface area contributed by atoms with Gasteiger partial charge in [-0.1, -0.05) is 31.0 Å². The van der Waals surface area contributed by atoms with E-state index in [-0.39, 0.29) is 18.6 Å². The largest absolute Gasteiger partial charge is 0.484 e. The lowest BCUT2D eigenvalue weighted by molar-refractivity contribution is -0.123. The number of nitrogens with two attached hydrogens (primary N) is 1. The number of hydrogen-bond donors (Lipinski definition) is 2. The fourth-order valence-corrected chi connectivity index (χ4v) is 1.75. The van der Waals surface area contributed by atoms with Gasteiger partial charge in [0, 0.05) is 17.6 Å². The van der Waals surface area contributed by atoms with E-state index in [1.807, 2.05) is 0 Å². The molecule has 0 fully saturated rings. The first kappa shape index (κ1) is 14.8. The summed E-state index contributed by atoms with van der Waals surface area (Å²) in [5, 5.41) is 3.41. The molecule has 5 heteroatoms. The Balaban J connectivity index is 2.36. The van der Waals surface area contributed by atoms with Crippen molar-refractivity contribution in [1.82, 2.24) is 5.32 Å². The Hall–Kier alpha value is -1.26. The van der Waals surface area contributed by atoms with Crippen LogP contribution in [0.25, 0.3) is 0 Å². The van der Waals surface area contributed by atoms with Crippen molar-refractivity contribution in [2.75, 3.05) is 13.2 Å². The van der Waals surface area contributed by atoms with Crippen LogP contribution >= 0.6 is 11.6 Å². The van der Waals surface area contributed by atoms with Crippen molar-refractivity contribution in [2.24, 2.45) is 5.73 Å². The molecule has 1 aromatic carbocycles. The van der Waals surface area contributed by atoms with E-state index in [0.29, 0.717) is 17.3 Å². The van der Waals surface area contributed by atoms with Crippen LogP contribution in [0.5, 0.6) is 5.75 Å². The van der Waals surface area contributed by atoms with E-state index in [1.165, 1.54) is 0 Å². The summed E-state index contributed by atoms with van der Waals surface area (Å²) in [6, 6.07) is 6.97. The number of rotatable bonds is 7. The van der Waals surface area contributed by atoms with Gasteiger partial charge in [-0.25, -0.2) is 0 Å². The summed E-state index contributed by atoms with van der Waals surface area (Å²) in [6.45, 7) is 2.47. The smallest absolute Gasteiger partial charge is 0.258 e. The highest BCUT2D eigenvalue weighted by Gasteiger charge is 2.10. The highest BCUT2D eigenvalue weighted by Crippen LogP contribution is 2.16. The first-order valence-corrected chi connectivity index (χ1v) is 6.41. The Morgan fingerprint density at radius 3 is 2.94 bits per heavy atom. The zero-order valence-electron chi connectivity index (χ0n) is 10.5. The molecule has 0 aliphatic rings. The molecule has 1 amide bonds. The van der Waals surface area contributed by atoms with E-state index in [9.17, 15) is 4.79 Å². The fourth-order valence-electron chi connectivity index (χ4n) is 1.57. The molecule has 1 rings (SSSR count). The lowest BCUT2D eigenvalue weighted by Gasteiger charge is -2.16. The van der Waals surface area contributed by atoms with E-state index < -0.39 is 0 Å². The van der Waals surface area contributed by atoms with E-state index >= 15 is 0 Å². The van der Waals surface area contributed by atoms with Crippen LogP contribution in [0, 0.1) is 0 Å². The molecule has 18 heavy (non-hydrogen) atoms. The zero-order chi connectivity index (χ0) is 13.4. The SMILES string of the molecule is CCCC(CN)NC(=O)COc1cccc(Cl)c1. The van der Waals surface area contributed by atoms with Crippen LogP contribution in [0.15, 0.2) is 24.3 Å². The summed E-state index contributed by atoms with van der Waals surface area (Å²) in [5.74, 6) is 0.413.